The topological polar surface area (TPSA) is 90.5 Å². The average molecular weight is 411 g/mol. The summed E-state index contributed by atoms with van der Waals surface area (Å²) in [6, 6.07) is 6.44. The first-order valence-electron chi connectivity index (χ1n) is 11.3. The lowest BCUT2D eigenvalue weighted by Crippen LogP contribution is -2.52. The third kappa shape index (κ3) is 3.65. The van der Waals surface area contributed by atoms with Gasteiger partial charge < -0.3 is 15.5 Å². The van der Waals surface area contributed by atoms with Gasteiger partial charge in [0.2, 0.25) is 11.8 Å². The van der Waals surface area contributed by atoms with E-state index in [-0.39, 0.29) is 24.1 Å². The molecule has 3 N–H and O–H groups in total. The van der Waals surface area contributed by atoms with E-state index in [0.717, 1.165) is 30.1 Å². The first-order valence-corrected chi connectivity index (χ1v) is 11.3. The highest BCUT2D eigenvalue weighted by molar-refractivity contribution is 6.05. The van der Waals surface area contributed by atoms with E-state index in [0.29, 0.717) is 30.6 Å². The van der Waals surface area contributed by atoms with Gasteiger partial charge >= 0.3 is 0 Å². The lowest BCUT2D eigenvalue weighted by atomic mass is 9.77. The first-order chi connectivity index (χ1) is 14.6. The molecule has 4 unspecified atom stereocenters. The van der Waals surface area contributed by atoms with Crippen LogP contribution in [0.25, 0.3) is 0 Å². The van der Waals surface area contributed by atoms with Crippen LogP contribution in [0.2, 0.25) is 0 Å². The molecule has 0 spiro atoms. The van der Waals surface area contributed by atoms with E-state index in [1.807, 2.05) is 12.1 Å². The zero-order valence-corrected chi connectivity index (χ0v) is 17.3. The van der Waals surface area contributed by atoms with Crippen LogP contribution in [0.4, 0.5) is 0 Å². The number of carbonyl (C=O) groups is 3. The minimum absolute atomic E-state index is 0.103. The monoisotopic (exact) mass is 410 g/mol. The number of nitrogens with zero attached hydrogens (tertiary/aromatic N) is 1. The smallest absolute Gasteiger partial charge is 0.255 e. The van der Waals surface area contributed by atoms with Crippen molar-refractivity contribution in [1.29, 1.82) is 0 Å². The molecule has 1 aromatic rings. The largest absolute Gasteiger partial charge is 0.322 e. The van der Waals surface area contributed by atoms with Gasteiger partial charge in [-0.25, -0.2) is 0 Å². The number of imide groups is 1. The second kappa shape index (κ2) is 8.12. The Morgan fingerprint density at radius 2 is 2.00 bits per heavy atom. The molecule has 3 amide bonds. The maximum atomic E-state index is 13.0. The summed E-state index contributed by atoms with van der Waals surface area (Å²) in [4.78, 5) is 38.3. The maximum absolute atomic E-state index is 13.0. The standard InChI is InChI=1S/C23H30N4O3/c28-21-9-8-20(22(29)26-21)27-13-18-15(3-1-5-17(18)23(27)30)12-25-16-7-6-14-4-2-10-24-19(14)11-16/h1,3,5,14,16,19-20,24-25H,2,4,6-13H2,(H,26,28,29). The van der Waals surface area contributed by atoms with Gasteiger partial charge in [-0.15, -0.1) is 0 Å². The van der Waals surface area contributed by atoms with E-state index >= 15 is 0 Å². The molecule has 2 saturated heterocycles. The molecule has 7 nitrogen and oxygen atoms in total. The van der Waals surface area contributed by atoms with Crippen molar-refractivity contribution in [2.24, 2.45) is 5.92 Å². The Morgan fingerprint density at radius 3 is 2.87 bits per heavy atom. The van der Waals surface area contributed by atoms with Gasteiger partial charge in [0.1, 0.15) is 6.04 Å². The summed E-state index contributed by atoms with van der Waals surface area (Å²) in [7, 11) is 0. The van der Waals surface area contributed by atoms with Gasteiger partial charge in [-0.2, -0.15) is 0 Å². The van der Waals surface area contributed by atoms with Crippen molar-refractivity contribution in [3.05, 3.63) is 34.9 Å². The molecule has 3 heterocycles. The van der Waals surface area contributed by atoms with Crippen LogP contribution in [0, 0.1) is 5.92 Å². The summed E-state index contributed by atoms with van der Waals surface area (Å²) < 4.78 is 0. The van der Waals surface area contributed by atoms with Gasteiger partial charge in [-0.3, -0.25) is 19.7 Å². The highest BCUT2D eigenvalue weighted by Crippen LogP contribution is 2.32. The molecule has 0 radical (unpaired) electrons. The molecule has 4 aliphatic rings. The number of hydrogen-bond donors (Lipinski definition) is 3. The van der Waals surface area contributed by atoms with E-state index in [4.69, 9.17) is 0 Å². The lowest BCUT2D eigenvalue weighted by molar-refractivity contribution is -0.136. The van der Waals surface area contributed by atoms with Crippen molar-refractivity contribution in [3.63, 3.8) is 0 Å². The number of carbonyl (C=O) groups excluding carboxylic acids is 3. The highest BCUT2D eigenvalue weighted by atomic mass is 16.2. The summed E-state index contributed by atoms with van der Waals surface area (Å²) in [5.41, 5.74) is 2.84. The fourth-order valence-corrected chi connectivity index (χ4v) is 5.74. The number of rotatable bonds is 4. The number of nitrogens with one attached hydrogen (secondary N) is 3. The van der Waals surface area contributed by atoms with Crippen molar-refractivity contribution >= 4 is 17.7 Å². The third-order valence-electron chi connectivity index (χ3n) is 7.41. The molecule has 7 heteroatoms. The Kier molecular flexibility index (Phi) is 5.33. The molecule has 1 aromatic carbocycles. The molecule has 0 aromatic heterocycles. The van der Waals surface area contributed by atoms with Crippen molar-refractivity contribution in [1.82, 2.24) is 20.9 Å². The normalized spacial score (nSPS) is 31.3. The van der Waals surface area contributed by atoms with Crippen molar-refractivity contribution in [3.8, 4) is 0 Å². The number of piperidine rings is 2. The van der Waals surface area contributed by atoms with Gasteiger partial charge in [0.15, 0.2) is 0 Å². The van der Waals surface area contributed by atoms with Crippen LogP contribution in [-0.4, -0.2) is 47.3 Å². The molecule has 30 heavy (non-hydrogen) atoms. The van der Waals surface area contributed by atoms with E-state index in [2.05, 4.69) is 22.0 Å². The summed E-state index contributed by atoms with van der Waals surface area (Å²) in [6.45, 7) is 2.31. The molecule has 3 fully saturated rings. The van der Waals surface area contributed by atoms with Crippen LogP contribution in [0.15, 0.2) is 18.2 Å². The van der Waals surface area contributed by atoms with Gasteiger partial charge in [0.25, 0.3) is 5.91 Å². The number of hydrogen-bond acceptors (Lipinski definition) is 5. The predicted molar refractivity (Wildman–Crippen MR) is 111 cm³/mol. The van der Waals surface area contributed by atoms with Crippen LogP contribution < -0.4 is 16.0 Å². The van der Waals surface area contributed by atoms with Crippen LogP contribution in [0.3, 0.4) is 0 Å². The second-order valence-electron chi connectivity index (χ2n) is 9.20. The number of amides is 3. The highest BCUT2D eigenvalue weighted by Gasteiger charge is 2.40. The molecule has 3 aliphatic heterocycles. The summed E-state index contributed by atoms with van der Waals surface area (Å²) >= 11 is 0. The summed E-state index contributed by atoms with van der Waals surface area (Å²) in [5.74, 6) is 0.113. The average Bonchev–Trinajstić information content (AvgIpc) is 3.09. The fraction of sp³-hybridized carbons (Fsp3) is 0.609. The number of fused-ring (bicyclic) bond motifs is 2. The van der Waals surface area contributed by atoms with Crippen molar-refractivity contribution in [2.45, 2.75) is 76.2 Å². The minimum atomic E-state index is -0.559. The maximum Gasteiger partial charge on any atom is 0.255 e. The Bertz CT molecular complexity index is 870. The molecular formula is C23H30N4O3. The van der Waals surface area contributed by atoms with Crippen LogP contribution in [0.1, 0.15) is 66.4 Å². The van der Waals surface area contributed by atoms with E-state index in [9.17, 15) is 14.4 Å². The minimum Gasteiger partial charge on any atom is -0.322 e. The van der Waals surface area contributed by atoms with Gasteiger partial charge in [0.05, 0.1) is 0 Å². The molecule has 5 rings (SSSR count). The molecule has 1 saturated carbocycles. The predicted octanol–water partition coefficient (Wildman–Crippen LogP) is 1.46. The van der Waals surface area contributed by atoms with Gasteiger partial charge in [0, 0.05) is 37.2 Å². The van der Waals surface area contributed by atoms with Gasteiger partial charge in [-0.1, -0.05) is 12.1 Å². The van der Waals surface area contributed by atoms with Crippen LogP contribution >= 0.6 is 0 Å². The van der Waals surface area contributed by atoms with Crippen molar-refractivity contribution < 1.29 is 14.4 Å². The quantitative estimate of drug-likeness (QED) is 0.654. The molecule has 160 valence electrons. The summed E-state index contributed by atoms with van der Waals surface area (Å²) in [6.07, 6.45) is 6.99. The van der Waals surface area contributed by atoms with E-state index in [1.54, 1.807) is 4.90 Å². The third-order valence-corrected chi connectivity index (χ3v) is 7.41. The molecule has 1 aliphatic carbocycles. The van der Waals surface area contributed by atoms with Crippen LogP contribution in [0.5, 0.6) is 0 Å². The Balaban J connectivity index is 1.25. The Hall–Kier alpha value is -2.25. The van der Waals surface area contributed by atoms with Gasteiger partial charge in [-0.05, 0) is 68.2 Å². The zero-order chi connectivity index (χ0) is 20.7. The zero-order valence-electron chi connectivity index (χ0n) is 17.3. The molecular weight excluding hydrogens is 380 g/mol. The lowest BCUT2D eigenvalue weighted by Gasteiger charge is -2.40. The molecule has 4 atom stereocenters. The fourth-order valence-electron chi connectivity index (χ4n) is 5.74. The Morgan fingerprint density at radius 1 is 1.10 bits per heavy atom. The summed E-state index contributed by atoms with van der Waals surface area (Å²) in [5, 5.41) is 9.79. The second-order valence-corrected chi connectivity index (χ2v) is 9.20. The SMILES string of the molecule is O=C1CCC(N2Cc3c(CNC4CCC5CCCNC5C4)cccc3C2=O)C(=O)N1. The van der Waals surface area contributed by atoms with E-state index < -0.39 is 6.04 Å². The van der Waals surface area contributed by atoms with Crippen LogP contribution in [-0.2, 0) is 22.7 Å². The Labute approximate surface area is 177 Å². The molecule has 0 bridgehead atoms. The van der Waals surface area contributed by atoms with E-state index in [1.165, 1.54) is 32.1 Å². The van der Waals surface area contributed by atoms with Crippen molar-refractivity contribution in [2.75, 3.05) is 6.54 Å². The number of benzene rings is 1. The first kappa shape index (κ1) is 19.7.